The van der Waals surface area contributed by atoms with Crippen molar-refractivity contribution in [2.75, 3.05) is 5.73 Å². The number of nitrogens with zero attached hydrogens (tertiary/aromatic N) is 4. The molecule has 0 unspecified atom stereocenters. The first-order chi connectivity index (χ1) is 9.81. The van der Waals surface area contributed by atoms with Crippen molar-refractivity contribution in [2.24, 2.45) is 0 Å². The molecule has 3 aromatic heterocycles. The Kier molecular flexibility index (Phi) is 2.17. The molecule has 0 aliphatic rings. The fourth-order valence-corrected chi connectivity index (χ4v) is 2.32. The van der Waals surface area contributed by atoms with Crippen molar-refractivity contribution in [1.29, 1.82) is 0 Å². The molecule has 0 atom stereocenters. The van der Waals surface area contributed by atoms with E-state index in [-0.39, 0.29) is 5.95 Å². The second-order valence-electron chi connectivity index (χ2n) is 4.50. The summed E-state index contributed by atoms with van der Waals surface area (Å²) in [5.74, 6) is 0.264. The maximum Gasteiger partial charge on any atom is 0.221 e. The third-order valence-corrected chi connectivity index (χ3v) is 3.28. The number of H-pyrrole nitrogens is 1. The predicted molar refractivity (Wildman–Crippen MR) is 76.8 cm³/mol. The Bertz CT molecular complexity index is 927. The van der Waals surface area contributed by atoms with Gasteiger partial charge in [-0.2, -0.15) is 15.2 Å². The summed E-state index contributed by atoms with van der Waals surface area (Å²) < 4.78 is 0. The number of hydrogen-bond acceptors (Lipinski definition) is 5. The Labute approximate surface area is 113 Å². The first-order valence-corrected chi connectivity index (χ1v) is 6.13. The van der Waals surface area contributed by atoms with Gasteiger partial charge in [-0.1, -0.05) is 6.07 Å². The van der Waals surface area contributed by atoms with Crippen LogP contribution in [0.4, 0.5) is 5.95 Å². The first-order valence-electron chi connectivity index (χ1n) is 6.13. The number of nitrogen functional groups attached to an aromatic ring is 1. The highest BCUT2D eigenvalue weighted by Gasteiger charge is 2.08. The van der Waals surface area contributed by atoms with Crippen molar-refractivity contribution in [3.05, 3.63) is 42.9 Å². The minimum atomic E-state index is 0.264. The lowest BCUT2D eigenvalue weighted by molar-refractivity contribution is 1.08. The molecule has 0 amide bonds. The quantitative estimate of drug-likeness (QED) is 0.548. The number of anilines is 1. The minimum Gasteiger partial charge on any atom is -0.368 e. The zero-order chi connectivity index (χ0) is 13.5. The number of nitrogens with two attached hydrogens (primary N) is 1. The summed E-state index contributed by atoms with van der Waals surface area (Å²) in [6, 6.07) is 7.97. The zero-order valence-corrected chi connectivity index (χ0v) is 10.4. The number of aromatic amines is 1. The van der Waals surface area contributed by atoms with Crippen LogP contribution in [-0.4, -0.2) is 25.1 Å². The van der Waals surface area contributed by atoms with Crippen LogP contribution < -0.4 is 5.73 Å². The van der Waals surface area contributed by atoms with Crippen molar-refractivity contribution in [3.63, 3.8) is 0 Å². The van der Waals surface area contributed by atoms with Gasteiger partial charge in [0.1, 0.15) is 5.65 Å². The van der Waals surface area contributed by atoms with Gasteiger partial charge in [-0.05, 0) is 23.8 Å². The van der Waals surface area contributed by atoms with E-state index in [1.54, 1.807) is 12.4 Å². The Morgan fingerprint density at radius 2 is 2.10 bits per heavy atom. The van der Waals surface area contributed by atoms with E-state index in [4.69, 9.17) is 5.73 Å². The van der Waals surface area contributed by atoms with Crippen molar-refractivity contribution < 1.29 is 0 Å². The average molecular weight is 262 g/mol. The molecule has 0 saturated carbocycles. The number of hydrogen-bond donors (Lipinski definition) is 2. The number of benzene rings is 1. The lowest BCUT2D eigenvalue weighted by Gasteiger charge is -2.01. The fraction of sp³-hybridized carbons (Fsp3) is 0. The van der Waals surface area contributed by atoms with Gasteiger partial charge in [-0.3, -0.25) is 0 Å². The smallest absolute Gasteiger partial charge is 0.221 e. The Morgan fingerprint density at radius 1 is 1.15 bits per heavy atom. The van der Waals surface area contributed by atoms with E-state index >= 15 is 0 Å². The second kappa shape index (κ2) is 3.99. The molecule has 0 fully saturated rings. The van der Waals surface area contributed by atoms with E-state index in [1.807, 2.05) is 24.4 Å². The van der Waals surface area contributed by atoms with Crippen LogP contribution in [0, 0.1) is 0 Å². The molecular formula is C14H10N6. The van der Waals surface area contributed by atoms with Crippen LogP contribution in [0.3, 0.4) is 0 Å². The van der Waals surface area contributed by atoms with Crippen LogP contribution in [-0.2, 0) is 0 Å². The molecule has 0 aliphatic carbocycles. The Hall–Kier alpha value is -3.02. The van der Waals surface area contributed by atoms with E-state index < -0.39 is 0 Å². The normalized spacial score (nSPS) is 11.2. The van der Waals surface area contributed by atoms with Crippen molar-refractivity contribution in [1.82, 2.24) is 25.1 Å². The number of fused-ring (bicyclic) bond motifs is 2. The Morgan fingerprint density at radius 3 is 3.05 bits per heavy atom. The monoisotopic (exact) mass is 262 g/mol. The summed E-state index contributed by atoms with van der Waals surface area (Å²) in [5, 5.41) is 9.94. The van der Waals surface area contributed by atoms with Gasteiger partial charge in [0.25, 0.3) is 0 Å². The minimum absolute atomic E-state index is 0.264. The molecule has 6 nitrogen and oxygen atoms in total. The van der Waals surface area contributed by atoms with Crippen LogP contribution in [0.25, 0.3) is 33.1 Å². The van der Waals surface area contributed by atoms with E-state index in [0.29, 0.717) is 0 Å². The molecule has 0 aliphatic heterocycles. The molecule has 96 valence electrons. The molecular weight excluding hydrogens is 252 g/mol. The summed E-state index contributed by atoms with van der Waals surface area (Å²) in [5.41, 5.74) is 9.31. The fourth-order valence-electron chi connectivity index (χ4n) is 2.32. The third kappa shape index (κ3) is 1.58. The maximum absolute atomic E-state index is 5.59. The number of nitrogens with one attached hydrogen (secondary N) is 1. The molecule has 1 aromatic carbocycles. The lowest BCUT2D eigenvalue weighted by Crippen LogP contribution is -1.93. The van der Waals surface area contributed by atoms with Gasteiger partial charge in [-0.25, -0.2) is 4.98 Å². The molecule has 3 N–H and O–H groups in total. The van der Waals surface area contributed by atoms with Gasteiger partial charge in [0.15, 0.2) is 0 Å². The van der Waals surface area contributed by atoms with Crippen molar-refractivity contribution in [2.45, 2.75) is 0 Å². The van der Waals surface area contributed by atoms with E-state index in [2.05, 4.69) is 31.2 Å². The van der Waals surface area contributed by atoms with Crippen LogP contribution in [0.2, 0.25) is 0 Å². The highest BCUT2D eigenvalue weighted by molar-refractivity contribution is 5.96. The third-order valence-electron chi connectivity index (χ3n) is 3.28. The molecule has 0 radical (unpaired) electrons. The second-order valence-corrected chi connectivity index (χ2v) is 4.50. The standard InChI is InChI=1S/C14H10N6/c15-14-17-7-11-10(6-16-13(11)19-14)8-1-2-12-9(5-8)3-4-18-20-12/h1-7H,(H3,15,16,17,19). The van der Waals surface area contributed by atoms with Gasteiger partial charge >= 0.3 is 0 Å². The number of rotatable bonds is 1. The topological polar surface area (TPSA) is 93.4 Å². The van der Waals surface area contributed by atoms with Gasteiger partial charge in [-0.15, -0.1) is 0 Å². The number of aromatic nitrogens is 5. The summed E-state index contributed by atoms with van der Waals surface area (Å²) in [4.78, 5) is 11.3. The molecule has 6 heteroatoms. The van der Waals surface area contributed by atoms with Gasteiger partial charge < -0.3 is 10.7 Å². The van der Waals surface area contributed by atoms with Crippen LogP contribution in [0.5, 0.6) is 0 Å². The van der Waals surface area contributed by atoms with Crippen LogP contribution in [0.1, 0.15) is 0 Å². The van der Waals surface area contributed by atoms with Gasteiger partial charge in [0.05, 0.1) is 11.7 Å². The average Bonchev–Trinajstić information content (AvgIpc) is 2.89. The summed E-state index contributed by atoms with van der Waals surface area (Å²) in [7, 11) is 0. The molecule has 4 aromatic rings. The lowest BCUT2D eigenvalue weighted by atomic mass is 10.0. The Balaban J connectivity index is 1.96. The predicted octanol–water partition coefficient (Wildman–Crippen LogP) is 2.15. The van der Waals surface area contributed by atoms with E-state index in [0.717, 1.165) is 33.1 Å². The van der Waals surface area contributed by atoms with Crippen LogP contribution >= 0.6 is 0 Å². The molecule has 4 rings (SSSR count). The van der Waals surface area contributed by atoms with E-state index in [9.17, 15) is 0 Å². The largest absolute Gasteiger partial charge is 0.368 e. The highest BCUT2D eigenvalue weighted by Crippen LogP contribution is 2.29. The molecule has 3 heterocycles. The first kappa shape index (κ1) is 10.9. The maximum atomic E-state index is 5.59. The summed E-state index contributed by atoms with van der Waals surface area (Å²) in [6.45, 7) is 0. The van der Waals surface area contributed by atoms with Gasteiger partial charge in [0, 0.05) is 28.7 Å². The van der Waals surface area contributed by atoms with Crippen molar-refractivity contribution in [3.8, 4) is 11.1 Å². The van der Waals surface area contributed by atoms with Gasteiger partial charge in [0.2, 0.25) is 5.95 Å². The SMILES string of the molecule is Nc1ncc2c(-c3ccc4nnccc4c3)c[nH]c2n1. The molecule has 20 heavy (non-hydrogen) atoms. The van der Waals surface area contributed by atoms with Crippen molar-refractivity contribution >= 4 is 27.9 Å². The molecule has 0 saturated heterocycles. The van der Waals surface area contributed by atoms with E-state index in [1.165, 1.54) is 0 Å². The molecule has 0 spiro atoms. The summed E-state index contributed by atoms with van der Waals surface area (Å²) >= 11 is 0. The zero-order valence-electron chi connectivity index (χ0n) is 10.4. The summed E-state index contributed by atoms with van der Waals surface area (Å²) in [6.07, 6.45) is 5.33. The molecule has 0 bridgehead atoms. The van der Waals surface area contributed by atoms with Crippen LogP contribution in [0.15, 0.2) is 42.9 Å². The highest BCUT2D eigenvalue weighted by atomic mass is 15.1.